The minimum Gasteiger partial charge on any atom is -0.477 e. The molecule has 0 radical (unpaired) electrons. The van der Waals surface area contributed by atoms with Crippen LogP contribution in [0.15, 0.2) is 5.10 Å². The molecule has 0 saturated carbocycles. The van der Waals surface area contributed by atoms with Crippen molar-refractivity contribution in [2.75, 3.05) is 0 Å². The van der Waals surface area contributed by atoms with Crippen LogP contribution in [-0.4, -0.2) is 32.7 Å². The second-order valence-corrected chi connectivity index (χ2v) is 5.34. The van der Waals surface area contributed by atoms with Crippen LogP contribution < -0.4 is 0 Å². The van der Waals surface area contributed by atoms with E-state index in [0.717, 1.165) is 15.6 Å². The molecule has 0 unspecified atom stereocenters. The van der Waals surface area contributed by atoms with Gasteiger partial charge in [-0.15, -0.1) is 11.3 Å². The van der Waals surface area contributed by atoms with Crippen LogP contribution in [0, 0.1) is 13.8 Å². The molecule has 0 spiro atoms. The third kappa shape index (κ3) is 2.56. The molecule has 18 heavy (non-hydrogen) atoms. The van der Waals surface area contributed by atoms with Crippen molar-refractivity contribution in [1.82, 2.24) is 9.99 Å². The fourth-order valence-electron chi connectivity index (χ4n) is 1.61. The number of carboxylic acids is 1. The average Bonchev–Trinajstić information content (AvgIpc) is 2.61. The third-order valence-electron chi connectivity index (χ3n) is 2.71. The number of rotatable bonds is 3. The van der Waals surface area contributed by atoms with Crippen LogP contribution in [0.5, 0.6) is 0 Å². The van der Waals surface area contributed by atoms with Gasteiger partial charge in [-0.3, -0.25) is 4.79 Å². The number of amides is 1. The quantitative estimate of drug-likeness (QED) is 0.895. The van der Waals surface area contributed by atoms with Gasteiger partial charge in [0.1, 0.15) is 10.7 Å². The first kappa shape index (κ1) is 12.7. The summed E-state index contributed by atoms with van der Waals surface area (Å²) in [4.78, 5) is 27.9. The van der Waals surface area contributed by atoms with Crippen molar-refractivity contribution in [1.29, 1.82) is 0 Å². The van der Waals surface area contributed by atoms with Gasteiger partial charge in [-0.05, 0) is 13.8 Å². The van der Waals surface area contributed by atoms with E-state index in [4.69, 9.17) is 5.11 Å². The molecule has 1 aromatic heterocycles. The number of nitrogens with zero attached hydrogens (tertiary/aromatic N) is 3. The maximum Gasteiger partial charge on any atom is 0.352 e. The zero-order valence-electron chi connectivity index (χ0n) is 10.1. The van der Waals surface area contributed by atoms with Crippen molar-refractivity contribution in [2.45, 2.75) is 33.2 Å². The number of aromatic nitrogens is 1. The van der Waals surface area contributed by atoms with Gasteiger partial charge in [0.2, 0.25) is 5.91 Å². The summed E-state index contributed by atoms with van der Waals surface area (Å²) in [6.45, 7) is 4.11. The molecule has 96 valence electrons. The molecule has 0 aliphatic carbocycles. The van der Waals surface area contributed by atoms with Gasteiger partial charge in [-0.25, -0.2) is 14.8 Å². The number of hydrogen-bond donors (Lipinski definition) is 1. The Morgan fingerprint density at radius 3 is 2.72 bits per heavy atom. The lowest BCUT2D eigenvalue weighted by Gasteiger charge is -2.20. The second-order valence-electron chi connectivity index (χ2n) is 4.05. The van der Waals surface area contributed by atoms with E-state index in [0.29, 0.717) is 0 Å². The molecule has 0 saturated heterocycles. The normalized spacial score (nSPS) is 15.8. The minimum absolute atomic E-state index is 0.0274. The Labute approximate surface area is 108 Å². The van der Waals surface area contributed by atoms with Crippen LogP contribution in [0.3, 0.4) is 0 Å². The maximum atomic E-state index is 11.7. The molecule has 1 N–H and O–H groups in total. The predicted octanol–water partition coefficient (Wildman–Crippen LogP) is 1.32. The van der Waals surface area contributed by atoms with Crippen LogP contribution in [0.25, 0.3) is 0 Å². The van der Waals surface area contributed by atoms with E-state index in [1.165, 1.54) is 16.3 Å². The van der Waals surface area contributed by atoms with E-state index in [1.807, 2.05) is 13.8 Å². The van der Waals surface area contributed by atoms with Crippen LogP contribution in [0.2, 0.25) is 0 Å². The fraction of sp³-hybridized carbons (Fsp3) is 0.455. The molecule has 1 aliphatic heterocycles. The Bertz CT molecular complexity index is 516. The van der Waals surface area contributed by atoms with E-state index >= 15 is 0 Å². The SMILES string of the molecule is Cc1nc(CN2N=C(C(=O)O)CCC2=O)sc1C. The Kier molecular flexibility index (Phi) is 3.42. The van der Waals surface area contributed by atoms with Crippen molar-refractivity contribution in [3.05, 3.63) is 15.6 Å². The molecular formula is C11H13N3O3S. The van der Waals surface area contributed by atoms with E-state index in [9.17, 15) is 9.59 Å². The number of carboxylic acid groups (broad SMARTS) is 1. The number of aliphatic carboxylic acids is 1. The lowest BCUT2D eigenvalue weighted by Crippen LogP contribution is -2.33. The number of thiazole rings is 1. The summed E-state index contributed by atoms with van der Waals surface area (Å²) in [5, 5.41) is 14.7. The summed E-state index contributed by atoms with van der Waals surface area (Å²) in [6.07, 6.45) is 0.384. The van der Waals surface area contributed by atoms with Gasteiger partial charge >= 0.3 is 5.97 Å². The number of hydrazone groups is 1. The minimum atomic E-state index is -1.07. The van der Waals surface area contributed by atoms with Gasteiger partial charge < -0.3 is 5.11 Å². The maximum absolute atomic E-state index is 11.7. The molecule has 7 heteroatoms. The molecule has 2 rings (SSSR count). The zero-order chi connectivity index (χ0) is 13.3. The molecule has 1 aromatic rings. The van der Waals surface area contributed by atoms with Gasteiger partial charge in [-0.1, -0.05) is 0 Å². The molecule has 0 atom stereocenters. The first-order valence-corrected chi connectivity index (χ1v) is 6.33. The Morgan fingerprint density at radius 1 is 1.44 bits per heavy atom. The Balaban J connectivity index is 2.18. The van der Waals surface area contributed by atoms with E-state index in [-0.39, 0.29) is 31.0 Å². The number of carbonyl (C=O) groups is 2. The Hall–Kier alpha value is -1.76. The summed E-state index contributed by atoms with van der Waals surface area (Å²) in [7, 11) is 0. The van der Waals surface area contributed by atoms with E-state index < -0.39 is 5.97 Å². The number of aryl methyl sites for hydroxylation is 2. The summed E-state index contributed by atoms with van der Waals surface area (Å²) in [5.74, 6) is -1.23. The molecule has 1 amide bonds. The van der Waals surface area contributed by atoms with Crippen molar-refractivity contribution in [3.8, 4) is 0 Å². The van der Waals surface area contributed by atoms with Crippen LogP contribution in [0.4, 0.5) is 0 Å². The van der Waals surface area contributed by atoms with E-state index in [1.54, 1.807) is 0 Å². The average molecular weight is 267 g/mol. The molecular weight excluding hydrogens is 254 g/mol. The van der Waals surface area contributed by atoms with Gasteiger partial charge in [0.05, 0.1) is 12.2 Å². The number of carbonyl (C=O) groups excluding carboxylic acids is 1. The predicted molar refractivity (Wildman–Crippen MR) is 66.4 cm³/mol. The van der Waals surface area contributed by atoms with Gasteiger partial charge in [0.25, 0.3) is 0 Å². The van der Waals surface area contributed by atoms with Crippen LogP contribution in [-0.2, 0) is 16.1 Å². The monoisotopic (exact) mass is 267 g/mol. The van der Waals surface area contributed by atoms with Gasteiger partial charge in [0, 0.05) is 17.7 Å². The molecule has 0 fully saturated rings. The highest BCUT2D eigenvalue weighted by atomic mass is 32.1. The van der Waals surface area contributed by atoms with E-state index in [2.05, 4.69) is 10.1 Å². The smallest absolute Gasteiger partial charge is 0.352 e. The fourth-order valence-corrected chi connectivity index (χ4v) is 2.53. The molecule has 0 bridgehead atoms. The highest BCUT2D eigenvalue weighted by Gasteiger charge is 2.24. The third-order valence-corrected chi connectivity index (χ3v) is 3.77. The lowest BCUT2D eigenvalue weighted by molar-refractivity contribution is -0.133. The van der Waals surface area contributed by atoms with Crippen LogP contribution in [0.1, 0.15) is 28.4 Å². The van der Waals surface area contributed by atoms with Gasteiger partial charge in [-0.2, -0.15) is 5.10 Å². The van der Waals surface area contributed by atoms with Crippen molar-refractivity contribution < 1.29 is 14.7 Å². The summed E-state index contributed by atoms with van der Waals surface area (Å²) >= 11 is 1.50. The highest BCUT2D eigenvalue weighted by Crippen LogP contribution is 2.20. The molecule has 0 aromatic carbocycles. The Morgan fingerprint density at radius 2 is 2.17 bits per heavy atom. The molecule has 1 aliphatic rings. The standard InChI is InChI=1S/C11H13N3O3S/c1-6-7(2)18-9(12-6)5-14-10(15)4-3-8(13-14)11(16)17/h3-5H2,1-2H3,(H,16,17). The van der Waals surface area contributed by atoms with Gasteiger partial charge in [0.15, 0.2) is 0 Å². The lowest BCUT2D eigenvalue weighted by atomic mass is 10.2. The summed E-state index contributed by atoms with van der Waals surface area (Å²) in [5.41, 5.74) is 0.960. The largest absolute Gasteiger partial charge is 0.477 e. The topological polar surface area (TPSA) is 82.9 Å². The summed E-state index contributed by atoms with van der Waals surface area (Å²) < 4.78 is 0. The van der Waals surface area contributed by atoms with Crippen LogP contribution >= 0.6 is 11.3 Å². The van der Waals surface area contributed by atoms with Crippen molar-refractivity contribution in [2.24, 2.45) is 5.10 Å². The first-order valence-electron chi connectivity index (χ1n) is 5.51. The molecule has 2 heterocycles. The molecule has 6 nitrogen and oxygen atoms in total. The van der Waals surface area contributed by atoms with Crippen molar-refractivity contribution >= 4 is 28.9 Å². The number of hydrogen-bond acceptors (Lipinski definition) is 5. The van der Waals surface area contributed by atoms with Crippen molar-refractivity contribution in [3.63, 3.8) is 0 Å². The highest BCUT2D eigenvalue weighted by molar-refractivity contribution is 7.11. The summed E-state index contributed by atoms with van der Waals surface area (Å²) in [6, 6.07) is 0. The second kappa shape index (κ2) is 4.85. The first-order chi connectivity index (χ1) is 8.47. The zero-order valence-corrected chi connectivity index (χ0v) is 11.0.